The quantitative estimate of drug-likeness (QED) is 0.488. The minimum atomic E-state index is -6.04. The van der Waals surface area contributed by atoms with E-state index in [-0.39, 0.29) is 0 Å². The summed E-state index contributed by atoms with van der Waals surface area (Å²) in [4.78, 5) is 10.5. The molecule has 1 aromatic rings. The van der Waals surface area contributed by atoms with Gasteiger partial charge in [-0.25, -0.2) is 15.0 Å². The van der Waals surface area contributed by atoms with Crippen molar-refractivity contribution >= 4 is 11.7 Å². The Morgan fingerprint density at radius 3 is 2.00 bits per heavy atom. The molecule has 5 nitrogen and oxygen atoms in total. The number of hydrazone groups is 1. The summed E-state index contributed by atoms with van der Waals surface area (Å²) >= 11 is 0. The van der Waals surface area contributed by atoms with Gasteiger partial charge in [0.2, 0.25) is 0 Å². The maximum atomic E-state index is 13.8. The summed E-state index contributed by atoms with van der Waals surface area (Å²) in [5, 5.41) is 2.68. The number of nitrogens with one attached hydrogen (secondary N) is 1. The van der Waals surface area contributed by atoms with E-state index in [2.05, 4.69) is 15.6 Å². The van der Waals surface area contributed by atoms with Crippen LogP contribution < -0.4 is 11.2 Å². The number of carbonyl (C=O) groups excluding carboxylic acids is 1. The van der Waals surface area contributed by atoms with Gasteiger partial charge in [-0.3, -0.25) is 0 Å². The van der Waals surface area contributed by atoms with E-state index in [0.717, 1.165) is 24.3 Å². The third kappa shape index (κ3) is 4.81. The molecule has 3 N–H and O–H groups in total. The van der Waals surface area contributed by atoms with Crippen LogP contribution in [0, 0.1) is 0 Å². The molecule has 0 saturated carbocycles. The molecule has 0 bridgehead atoms. The van der Waals surface area contributed by atoms with E-state index in [4.69, 9.17) is 0 Å². The van der Waals surface area contributed by atoms with E-state index in [1.165, 1.54) is 11.5 Å². The molecule has 0 radical (unpaired) electrons. The number of hydrogen-bond donors (Lipinski definition) is 2. The van der Waals surface area contributed by atoms with Crippen molar-refractivity contribution in [1.29, 1.82) is 0 Å². The van der Waals surface area contributed by atoms with Crippen LogP contribution in [-0.4, -0.2) is 30.1 Å². The number of nitrogens with two attached hydrogens (primary N) is 1. The van der Waals surface area contributed by atoms with Crippen molar-refractivity contribution in [3.8, 4) is 0 Å². The van der Waals surface area contributed by atoms with Gasteiger partial charge >= 0.3 is 24.4 Å². The molecule has 0 aliphatic rings. The maximum Gasteiger partial charge on any atom is 0.527 e. The second-order valence-electron chi connectivity index (χ2n) is 3.94. The number of halogens is 7. The van der Waals surface area contributed by atoms with Crippen molar-refractivity contribution in [2.75, 3.05) is 0 Å². The highest BCUT2D eigenvalue weighted by Crippen LogP contribution is 2.42. The number of ether oxygens (including phenoxy) is 1. The van der Waals surface area contributed by atoms with Gasteiger partial charge < -0.3 is 5.73 Å². The fourth-order valence-electron chi connectivity index (χ4n) is 1.37. The Bertz CT molecular complexity index is 587. The van der Waals surface area contributed by atoms with Gasteiger partial charge in [-0.1, -0.05) is 30.3 Å². The number of primary amides is 1. The first-order valence-electron chi connectivity index (χ1n) is 5.58. The average Bonchev–Trinajstić information content (AvgIpc) is 2.36. The van der Waals surface area contributed by atoms with Crippen molar-refractivity contribution < 1.29 is 40.3 Å². The van der Waals surface area contributed by atoms with Crippen molar-refractivity contribution in [3.63, 3.8) is 0 Å². The largest absolute Gasteiger partial charge is 0.527 e. The van der Waals surface area contributed by atoms with Crippen molar-refractivity contribution in [3.05, 3.63) is 35.9 Å². The van der Waals surface area contributed by atoms with Crippen molar-refractivity contribution in [1.82, 2.24) is 5.43 Å². The zero-order valence-electron chi connectivity index (χ0n) is 10.9. The predicted octanol–water partition coefficient (Wildman–Crippen LogP) is 2.82. The smallest absolute Gasteiger partial charge is 0.350 e. The summed E-state index contributed by atoms with van der Waals surface area (Å²) in [6.45, 7) is 0. The summed E-state index contributed by atoms with van der Waals surface area (Å²) < 4.78 is 92.0. The Morgan fingerprint density at radius 2 is 1.57 bits per heavy atom. The average molecular weight is 347 g/mol. The van der Waals surface area contributed by atoms with E-state index in [9.17, 15) is 35.5 Å². The maximum absolute atomic E-state index is 13.8. The Labute approximate surface area is 123 Å². The second kappa shape index (κ2) is 6.40. The topological polar surface area (TPSA) is 76.7 Å². The van der Waals surface area contributed by atoms with Crippen LogP contribution in [0.5, 0.6) is 0 Å². The van der Waals surface area contributed by atoms with Crippen LogP contribution in [0.25, 0.3) is 0 Å². The highest BCUT2D eigenvalue weighted by Gasteiger charge is 2.66. The van der Waals surface area contributed by atoms with Crippen LogP contribution >= 0.6 is 0 Å². The van der Waals surface area contributed by atoms with E-state index < -0.39 is 35.7 Å². The number of hydrogen-bond acceptors (Lipinski definition) is 3. The molecule has 0 fully saturated rings. The van der Waals surface area contributed by atoms with Crippen LogP contribution in [0.2, 0.25) is 0 Å². The predicted molar refractivity (Wildman–Crippen MR) is 62.7 cm³/mol. The lowest BCUT2D eigenvalue weighted by atomic mass is 10.0. The number of rotatable bonds is 5. The lowest BCUT2D eigenvalue weighted by Gasteiger charge is -2.27. The van der Waals surface area contributed by atoms with E-state index >= 15 is 0 Å². The molecule has 23 heavy (non-hydrogen) atoms. The number of amides is 2. The van der Waals surface area contributed by atoms with Crippen LogP contribution in [0.1, 0.15) is 5.56 Å². The third-order valence-corrected chi connectivity index (χ3v) is 2.23. The minimum absolute atomic E-state index is 0.684. The van der Waals surface area contributed by atoms with E-state index in [1.807, 2.05) is 0 Å². The molecule has 0 unspecified atom stereocenters. The van der Waals surface area contributed by atoms with Crippen LogP contribution in [0.15, 0.2) is 35.4 Å². The highest BCUT2D eigenvalue weighted by atomic mass is 19.4. The van der Waals surface area contributed by atoms with Gasteiger partial charge in [0, 0.05) is 5.56 Å². The molecule has 12 heteroatoms. The molecular weight excluding hydrogens is 339 g/mol. The Hall–Kier alpha value is -2.37. The van der Waals surface area contributed by atoms with Gasteiger partial charge in [0.25, 0.3) is 0 Å². The molecule has 128 valence electrons. The van der Waals surface area contributed by atoms with Gasteiger partial charge in [-0.05, 0) is 0 Å². The lowest BCUT2D eigenvalue weighted by Crippen LogP contribution is -2.52. The number of nitrogens with zero attached hydrogens (tertiary/aromatic N) is 1. The van der Waals surface area contributed by atoms with Gasteiger partial charge in [-0.2, -0.15) is 22.7 Å². The summed E-state index contributed by atoms with van der Waals surface area (Å²) in [6.07, 6.45) is -12.0. The van der Waals surface area contributed by atoms with Crippen LogP contribution in [0.4, 0.5) is 35.5 Å². The summed E-state index contributed by atoms with van der Waals surface area (Å²) in [6, 6.07) is 3.82. The van der Waals surface area contributed by atoms with Crippen molar-refractivity contribution in [2.24, 2.45) is 10.8 Å². The lowest BCUT2D eigenvalue weighted by molar-refractivity contribution is -0.455. The first kappa shape index (κ1) is 18.7. The number of urea groups is 1. The molecule has 0 aliphatic heterocycles. The standard InChI is InChI=1S/C11H8F7N3O2/c12-9(13,10(14,15)23-11(16,17)18)7(20-21-8(19)22)6-4-2-1-3-5-6/h1-5H,(H3,19,21,22)/b20-7+. The molecule has 0 saturated heterocycles. The number of carbonyl (C=O) groups is 1. The Kier molecular flexibility index (Phi) is 5.20. The summed E-state index contributed by atoms with van der Waals surface area (Å²) in [5.74, 6) is -5.54. The first-order chi connectivity index (χ1) is 10.4. The van der Waals surface area contributed by atoms with Gasteiger partial charge in [-0.15, -0.1) is 13.2 Å². The summed E-state index contributed by atoms with van der Waals surface area (Å²) in [5.41, 5.74) is 3.28. The first-order valence-corrected chi connectivity index (χ1v) is 5.58. The van der Waals surface area contributed by atoms with E-state index in [0.29, 0.717) is 0 Å². The highest BCUT2D eigenvalue weighted by molar-refractivity contribution is 6.06. The fraction of sp³-hybridized carbons (Fsp3) is 0.273. The molecule has 0 atom stereocenters. The van der Waals surface area contributed by atoms with Crippen molar-refractivity contribution in [2.45, 2.75) is 18.4 Å². The molecule has 2 amide bonds. The molecule has 0 spiro atoms. The molecule has 1 aromatic carbocycles. The van der Waals surface area contributed by atoms with Crippen LogP contribution in [0.3, 0.4) is 0 Å². The van der Waals surface area contributed by atoms with Gasteiger partial charge in [0.15, 0.2) is 0 Å². The van der Waals surface area contributed by atoms with E-state index in [1.54, 1.807) is 0 Å². The fourth-order valence-corrected chi connectivity index (χ4v) is 1.37. The molecule has 0 aliphatic carbocycles. The van der Waals surface area contributed by atoms with Crippen LogP contribution in [-0.2, 0) is 4.74 Å². The Morgan fingerprint density at radius 1 is 1.04 bits per heavy atom. The molecular formula is C11H8F7N3O2. The Balaban J connectivity index is 3.34. The number of alkyl halides is 7. The normalized spacial score (nSPS) is 13.8. The van der Waals surface area contributed by atoms with Gasteiger partial charge in [0.05, 0.1) is 0 Å². The second-order valence-corrected chi connectivity index (χ2v) is 3.94. The van der Waals surface area contributed by atoms with Gasteiger partial charge in [0.1, 0.15) is 5.71 Å². The zero-order chi connectivity index (χ0) is 17.9. The zero-order valence-corrected chi connectivity index (χ0v) is 10.9. The monoisotopic (exact) mass is 347 g/mol. The SMILES string of the molecule is NC(=O)N/N=C(\c1ccccc1)C(F)(F)C(F)(F)OC(F)(F)F. The molecule has 1 rings (SSSR count). The molecule has 0 heterocycles. The number of benzene rings is 1. The minimum Gasteiger partial charge on any atom is -0.350 e. The molecule has 0 aromatic heterocycles. The summed E-state index contributed by atoms with van der Waals surface area (Å²) in [7, 11) is 0. The third-order valence-electron chi connectivity index (χ3n) is 2.23.